The summed E-state index contributed by atoms with van der Waals surface area (Å²) in [7, 11) is 0. The van der Waals surface area contributed by atoms with E-state index in [0.29, 0.717) is 12.0 Å². The third-order valence-corrected chi connectivity index (χ3v) is 6.20. The quantitative estimate of drug-likeness (QED) is 0.747. The normalized spacial score (nSPS) is 44.9. The van der Waals surface area contributed by atoms with Crippen LogP contribution in [0.25, 0.3) is 0 Å². The summed E-state index contributed by atoms with van der Waals surface area (Å²) in [5.41, 5.74) is -0.440. The van der Waals surface area contributed by atoms with Gasteiger partial charge in [0.25, 0.3) is 0 Å². The molecule has 0 bridgehead atoms. The largest absolute Gasteiger partial charge is 0.389 e. The van der Waals surface area contributed by atoms with Crippen LogP contribution in [0.2, 0.25) is 0 Å². The summed E-state index contributed by atoms with van der Waals surface area (Å²) in [4.78, 5) is 0. The van der Waals surface area contributed by atoms with Crippen molar-refractivity contribution in [3.05, 3.63) is 0 Å². The second-order valence-electron chi connectivity index (χ2n) is 8.06. The molecule has 3 aliphatic rings. The van der Waals surface area contributed by atoms with Crippen LogP contribution in [0.3, 0.4) is 0 Å². The number of hydrogen-bond acceptors (Lipinski definition) is 3. The van der Waals surface area contributed by atoms with Crippen LogP contribution in [0, 0.1) is 11.8 Å². The average Bonchev–Trinajstić information content (AvgIpc) is 2.94. The number of nitrogens with one attached hydrogen (secondary N) is 2. The van der Waals surface area contributed by atoms with E-state index in [4.69, 9.17) is 0 Å². The van der Waals surface area contributed by atoms with Gasteiger partial charge < -0.3 is 15.7 Å². The highest BCUT2D eigenvalue weighted by atomic mass is 16.3. The lowest BCUT2D eigenvalue weighted by molar-refractivity contribution is -0.0150. The van der Waals surface area contributed by atoms with E-state index in [1.807, 2.05) is 0 Å². The van der Waals surface area contributed by atoms with Crippen LogP contribution in [0.15, 0.2) is 0 Å². The minimum atomic E-state index is -0.440. The molecule has 0 radical (unpaired) electrons. The van der Waals surface area contributed by atoms with Crippen LogP contribution in [-0.2, 0) is 0 Å². The van der Waals surface area contributed by atoms with Gasteiger partial charge in [0.1, 0.15) is 0 Å². The highest BCUT2D eigenvalue weighted by Crippen LogP contribution is 2.34. The molecule has 0 spiro atoms. The van der Waals surface area contributed by atoms with E-state index < -0.39 is 5.60 Å². The summed E-state index contributed by atoms with van der Waals surface area (Å²) in [6, 6.07) is 1.35. The van der Waals surface area contributed by atoms with E-state index >= 15 is 0 Å². The summed E-state index contributed by atoms with van der Waals surface area (Å²) in [5, 5.41) is 18.3. The molecule has 3 rings (SSSR count). The molecule has 2 saturated carbocycles. The van der Waals surface area contributed by atoms with Crippen LogP contribution < -0.4 is 10.6 Å². The smallest absolute Gasteiger partial charge is 0.0774 e. The standard InChI is InChI=1S/C18H34N2O/c1-14-6-5-10-18(21,12-14)13-20-17-9-4-7-15(17)16-8-2-3-11-19-16/h14-17,19-21H,2-13H2,1H3. The Morgan fingerprint density at radius 2 is 2.00 bits per heavy atom. The van der Waals surface area contributed by atoms with Crippen LogP contribution in [0.4, 0.5) is 0 Å². The van der Waals surface area contributed by atoms with Gasteiger partial charge in [-0.25, -0.2) is 0 Å². The van der Waals surface area contributed by atoms with Gasteiger partial charge in [-0.3, -0.25) is 0 Å². The second-order valence-corrected chi connectivity index (χ2v) is 8.06. The number of aliphatic hydroxyl groups is 1. The molecule has 5 unspecified atom stereocenters. The molecule has 3 heteroatoms. The Hall–Kier alpha value is -0.120. The first-order valence-electron chi connectivity index (χ1n) is 9.35. The third-order valence-electron chi connectivity index (χ3n) is 6.20. The zero-order valence-corrected chi connectivity index (χ0v) is 13.7. The summed E-state index contributed by atoms with van der Waals surface area (Å²) < 4.78 is 0. The van der Waals surface area contributed by atoms with Crippen LogP contribution in [-0.4, -0.2) is 35.9 Å². The highest BCUT2D eigenvalue weighted by Gasteiger charge is 2.37. The molecule has 5 atom stereocenters. The first-order chi connectivity index (χ1) is 10.2. The van der Waals surface area contributed by atoms with E-state index in [1.165, 1.54) is 57.9 Å². The lowest BCUT2D eigenvalue weighted by Crippen LogP contribution is -2.51. The highest BCUT2D eigenvalue weighted by molar-refractivity contribution is 4.95. The third kappa shape index (κ3) is 4.00. The predicted molar refractivity (Wildman–Crippen MR) is 87.4 cm³/mol. The van der Waals surface area contributed by atoms with Gasteiger partial charge >= 0.3 is 0 Å². The Morgan fingerprint density at radius 3 is 2.76 bits per heavy atom. The molecular formula is C18H34N2O. The average molecular weight is 294 g/mol. The fourth-order valence-electron chi connectivity index (χ4n) is 5.08. The summed E-state index contributed by atoms with van der Waals surface area (Å²) >= 11 is 0. The molecular weight excluding hydrogens is 260 g/mol. The van der Waals surface area contributed by atoms with E-state index in [-0.39, 0.29) is 0 Å². The number of hydrogen-bond donors (Lipinski definition) is 3. The maximum absolute atomic E-state index is 10.8. The van der Waals surface area contributed by atoms with Crippen molar-refractivity contribution in [2.75, 3.05) is 13.1 Å². The van der Waals surface area contributed by atoms with Gasteiger partial charge in [-0.15, -0.1) is 0 Å². The first kappa shape index (κ1) is 15.8. The minimum absolute atomic E-state index is 0.440. The van der Waals surface area contributed by atoms with Crippen LogP contribution in [0.1, 0.15) is 71.1 Å². The lowest BCUT2D eigenvalue weighted by atomic mass is 9.78. The van der Waals surface area contributed by atoms with E-state index in [2.05, 4.69) is 17.6 Å². The molecule has 122 valence electrons. The minimum Gasteiger partial charge on any atom is -0.389 e. The van der Waals surface area contributed by atoms with Gasteiger partial charge in [-0.2, -0.15) is 0 Å². The van der Waals surface area contributed by atoms with Crippen molar-refractivity contribution in [1.29, 1.82) is 0 Å². The van der Waals surface area contributed by atoms with Crippen LogP contribution >= 0.6 is 0 Å². The van der Waals surface area contributed by atoms with Crippen molar-refractivity contribution in [2.24, 2.45) is 11.8 Å². The van der Waals surface area contributed by atoms with Crippen molar-refractivity contribution in [3.8, 4) is 0 Å². The maximum atomic E-state index is 10.8. The fraction of sp³-hybridized carbons (Fsp3) is 1.00. The monoisotopic (exact) mass is 294 g/mol. The zero-order chi connectivity index (χ0) is 14.7. The summed E-state index contributed by atoms with van der Waals surface area (Å²) in [6.07, 6.45) is 12.6. The molecule has 2 aliphatic carbocycles. The molecule has 1 saturated heterocycles. The molecule has 3 N–H and O–H groups in total. The van der Waals surface area contributed by atoms with E-state index in [1.54, 1.807) is 0 Å². The predicted octanol–water partition coefficient (Wildman–Crippen LogP) is 2.83. The maximum Gasteiger partial charge on any atom is 0.0774 e. The van der Waals surface area contributed by atoms with Crippen molar-refractivity contribution >= 4 is 0 Å². The first-order valence-corrected chi connectivity index (χ1v) is 9.35. The molecule has 21 heavy (non-hydrogen) atoms. The summed E-state index contributed by atoms with van der Waals surface area (Å²) in [6.45, 7) is 4.30. The van der Waals surface area contributed by atoms with Gasteiger partial charge in [0.15, 0.2) is 0 Å². The molecule has 3 nitrogen and oxygen atoms in total. The Labute approximate surface area is 130 Å². The van der Waals surface area contributed by atoms with Crippen molar-refractivity contribution in [3.63, 3.8) is 0 Å². The molecule has 3 fully saturated rings. The fourth-order valence-corrected chi connectivity index (χ4v) is 5.08. The van der Waals surface area contributed by atoms with Crippen molar-refractivity contribution in [1.82, 2.24) is 10.6 Å². The molecule has 0 aromatic carbocycles. The number of rotatable bonds is 4. The SMILES string of the molecule is CC1CCCC(O)(CNC2CCCC2C2CCCCN2)C1. The van der Waals surface area contributed by atoms with Gasteiger partial charge in [0, 0.05) is 18.6 Å². The van der Waals surface area contributed by atoms with Crippen molar-refractivity contribution < 1.29 is 5.11 Å². The molecule has 1 heterocycles. The van der Waals surface area contributed by atoms with E-state index in [0.717, 1.165) is 31.3 Å². The molecule has 0 aromatic rings. The Morgan fingerprint density at radius 1 is 1.10 bits per heavy atom. The molecule has 1 aliphatic heterocycles. The van der Waals surface area contributed by atoms with Gasteiger partial charge in [-0.1, -0.05) is 32.6 Å². The zero-order valence-electron chi connectivity index (χ0n) is 13.7. The second kappa shape index (κ2) is 6.97. The van der Waals surface area contributed by atoms with Crippen molar-refractivity contribution in [2.45, 2.75) is 88.8 Å². The Balaban J connectivity index is 1.51. The van der Waals surface area contributed by atoms with Crippen LogP contribution in [0.5, 0.6) is 0 Å². The number of piperidine rings is 1. The van der Waals surface area contributed by atoms with Gasteiger partial charge in [0.2, 0.25) is 0 Å². The Bertz CT molecular complexity index is 329. The topological polar surface area (TPSA) is 44.3 Å². The Kier molecular flexibility index (Phi) is 5.23. The molecule has 0 aromatic heterocycles. The van der Waals surface area contributed by atoms with Gasteiger partial charge in [0.05, 0.1) is 5.60 Å². The lowest BCUT2D eigenvalue weighted by Gasteiger charge is -2.38. The summed E-state index contributed by atoms with van der Waals surface area (Å²) in [5.74, 6) is 1.47. The van der Waals surface area contributed by atoms with E-state index in [9.17, 15) is 5.11 Å². The van der Waals surface area contributed by atoms with Gasteiger partial charge in [-0.05, 0) is 56.9 Å². The molecule has 0 amide bonds.